The third-order valence-electron chi connectivity index (χ3n) is 7.50. The Balaban J connectivity index is 4.13. The number of esters is 2. The summed E-state index contributed by atoms with van der Waals surface area (Å²) in [5, 5.41) is 0. The van der Waals surface area contributed by atoms with E-state index >= 15 is 0 Å². The van der Waals surface area contributed by atoms with Crippen molar-refractivity contribution in [3.63, 3.8) is 0 Å². The van der Waals surface area contributed by atoms with Crippen LogP contribution in [0.5, 0.6) is 0 Å². The van der Waals surface area contributed by atoms with Gasteiger partial charge in [0.15, 0.2) is 6.10 Å². The van der Waals surface area contributed by atoms with Crippen LogP contribution in [0.1, 0.15) is 149 Å². The molecule has 0 aromatic heterocycles. The number of hydrogen-bond acceptors (Lipinski definition) is 6. The van der Waals surface area contributed by atoms with Gasteiger partial charge in [0.25, 0.3) is 0 Å². The fraction of sp³-hybridized carbons (Fsp3) is 0.650. The van der Waals surface area contributed by atoms with Gasteiger partial charge in [-0.15, -0.1) is 0 Å². The van der Waals surface area contributed by atoms with E-state index in [4.69, 9.17) is 19.3 Å². The topological polar surface area (TPSA) is 119 Å². The van der Waals surface area contributed by atoms with Gasteiger partial charge in [0, 0.05) is 12.8 Å². The Bertz CT molecular complexity index is 1020. The maximum atomic E-state index is 12.3. The molecule has 1 atom stereocenters. The molecule has 280 valence electrons. The smallest absolute Gasteiger partial charge is 0.462 e. The van der Waals surface area contributed by atoms with Crippen molar-refractivity contribution in [2.75, 3.05) is 13.2 Å². The highest BCUT2D eigenvalue weighted by molar-refractivity contribution is 7.46. The molecule has 0 fully saturated rings. The van der Waals surface area contributed by atoms with E-state index in [-0.39, 0.29) is 19.4 Å². The van der Waals surface area contributed by atoms with Gasteiger partial charge < -0.3 is 19.3 Å². The summed E-state index contributed by atoms with van der Waals surface area (Å²) in [6.45, 7) is 3.48. The summed E-state index contributed by atoms with van der Waals surface area (Å²) >= 11 is 0. The molecule has 8 nitrogen and oxygen atoms in total. The first kappa shape index (κ1) is 46.5. The lowest BCUT2D eigenvalue weighted by Gasteiger charge is -2.18. The molecule has 0 rings (SSSR count). The number of phosphoric acid groups is 1. The van der Waals surface area contributed by atoms with Crippen LogP contribution in [-0.4, -0.2) is 41.0 Å². The molecule has 0 saturated heterocycles. The number of phosphoric ester groups is 1. The molecule has 0 bridgehead atoms. The van der Waals surface area contributed by atoms with Crippen molar-refractivity contribution < 1.29 is 37.9 Å². The third kappa shape index (κ3) is 38.1. The van der Waals surface area contributed by atoms with Crippen molar-refractivity contribution in [1.82, 2.24) is 0 Å². The van der Waals surface area contributed by atoms with Crippen molar-refractivity contribution in [3.8, 4) is 0 Å². The van der Waals surface area contributed by atoms with Crippen LogP contribution >= 0.6 is 7.82 Å². The number of unbranched alkanes of at least 4 members (excludes halogenated alkanes) is 11. The maximum Gasteiger partial charge on any atom is 0.469 e. The lowest BCUT2D eigenvalue weighted by molar-refractivity contribution is -0.161. The van der Waals surface area contributed by atoms with E-state index in [0.29, 0.717) is 12.8 Å². The van der Waals surface area contributed by atoms with Crippen molar-refractivity contribution in [3.05, 3.63) is 72.9 Å². The van der Waals surface area contributed by atoms with Crippen LogP contribution in [0.3, 0.4) is 0 Å². The quantitative estimate of drug-likeness (QED) is 0.0299. The molecule has 0 aromatic carbocycles. The highest BCUT2D eigenvalue weighted by atomic mass is 31.2. The van der Waals surface area contributed by atoms with Crippen LogP contribution in [0.25, 0.3) is 0 Å². The van der Waals surface area contributed by atoms with Gasteiger partial charge in [0.05, 0.1) is 6.61 Å². The molecule has 0 aliphatic heterocycles. The number of rotatable bonds is 33. The Labute approximate surface area is 298 Å². The van der Waals surface area contributed by atoms with Gasteiger partial charge in [-0.3, -0.25) is 14.1 Å². The summed E-state index contributed by atoms with van der Waals surface area (Å²) in [4.78, 5) is 42.6. The molecule has 0 unspecified atom stereocenters. The van der Waals surface area contributed by atoms with E-state index in [0.717, 1.165) is 51.4 Å². The normalized spacial score (nSPS) is 13.3. The average Bonchev–Trinajstić information content (AvgIpc) is 3.07. The molecule has 0 aliphatic rings. The minimum absolute atomic E-state index is 0.0847. The summed E-state index contributed by atoms with van der Waals surface area (Å²) < 4.78 is 26.2. The summed E-state index contributed by atoms with van der Waals surface area (Å²) in [6, 6.07) is 0. The highest BCUT2D eigenvalue weighted by Crippen LogP contribution is 2.35. The second-order valence-electron chi connectivity index (χ2n) is 12.2. The zero-order chi connectivity index (χ0) is 36.1. The van der Waals surface area contributed by atoms with Crippen LogP contribution < -0.4 is 0 Å². The van der Waals surface area contributed by atoms with Gasteiger partial charge in [-0.25, -0.2) is 4.57 Å². The first-order valence-electron chi connectivity index (χ1n) is 18.7. The standard InChI is InChI=1S/C40H67O8P/c1-3-5-7-9-11-13-15-17-18-19-20-21-22-23-25-27-29-31-33-35-40(42)48-38(37-47-49(43,44)45)36-46-39(41)34-32-30-28-26-24-16-14-12-10-8-6-4-2/h5,7,11,13,17-18,20-21,23,25,29,31,38H,3-4,6,8-10,12,14-16,19,22,24,26-28,30,32-37H2,1-2H3,(H2,43,44,45)/b7-5-,13-11-,18-17-,21-20-,25-23-,31-29-/t38-/m1/s1. The van der Waals surface area contributed by atoms with E-state index in [1.54, 1.807) is 0 Å². The lowest BCUT2D eigenvalue weighted by atomic mass is 10.0. The van der Waals surface area contributed by atoms with Gasteiger partial charge in [0.1, 0.15) is 6.61 Å². The first-order valence-corrected chi connectivity index (χ1v) is 20.3. The van der Waals surface area contributed by atoms with Gasteiger partial charge >= 0.3 is 19.8 Å². The molecule has 0 saturated carbocycles. The number of carbonyl (C=O) groups is 2. The minimum Gasteiger partial charge on any atom is -0.462 e. The van der Waals surface area contributed by atoms with E-state index in [9.17, 15) is 14.2 Å². The summed E-state index contributed by atoms with van der Waals surface area (Å²) in [5.41, 5.74) is 0. The molecule has 49 heavy (non-hydrogen) atoms. The Morgan fingerprint density at radius 2 is 0.980 bits per heavy atom. The van der Waals surface area contributed by atoms with Gasteiger partial charge in [-0.2, -0.15) is 0 Å². The van der Waals surface area contributed by atoms with E-state index < -0.39 is 32.5 Å². The van der Waals surface area contributed by atoms with Crippen molar-refractivity contribution >= 4 is 19.8 Å². The second-order valence-corrected chi connectivity index (χ2v) is 13.4. The predicted molar refractivity (Wildman–Crippen MR) is 202 cm³/mol. The van der Waals surface area contributed by atoms with Crippen molar-refractivity contribution in [2.24, 2.45) is 0 Å². The molecule has 9 heteroatoms. The molecular formula is C40H67O8P. The van der Waals surface area contributed by atoms with Gasteiger partial charge in [-0.1, -0.05) is 157 Å². The number of hydrogen-bond donors (Lipinski definition) is 2. The number of carbonyl (C=O) groups excluding carboxylic acids is 2. The number of ether oxygens (including phenoxy) is 2. The van der Waals surface area contributed by atoms with Crippen molar-refractivity contribution in [2.45, 2.75) is 155 Å². The Morgan fingerprint density at radius 1 is 0.551 bits per heavy atom. The van der Waals surface area contributed by atoms with Crippen LogP contribution in [0.4, 0.5) is 0 Å². The summed E-state index contributed by atoms with van der Waals surface area (Å²) in [7, 11) is -4.77. The molecular weight excluding hydrogens is 639 g/mol. The fourth-order valence-electron chi connectivity index (χ4n) is 4.75. The zero-order valence-electron chi connectivity index (χ0n) is 30.6. The van der Waals surface area contributed by atoms with E-state index in [2.05, 4.69) is 79.1 Å². The van der Waals surface area contributed by atoms with Crippen LogP contribution in [0, 0.1) is 0 Å². The van der Waals surface area contributed by atoms with Gasteiger partial charge in [-0.05, 0) is 51.4 Å². The summed E-state index contributed by atoms with van der Waals surface area (Å²) in [5.74, 6) is -0.988. The largest absolute Gasteiger partial charge is 0.469 e. The molecule has 0 aromatic rings. The fourth-order valence-corrected chi connectivity index (χ4v) is 5.11. The Kier molecular flexibility index (Phi) is 33.5. The molecule has 0 heterocycles. The first-order chi connectivity index (χ1) is 23.8. The highest BCUT2D eigenvalue weighted by Gasteiger charge is 2.22. The van der Waals surface area contributed by atoms with Crippen molar-refractivity contribution in [1.29, 1.82) is 0 Å². The van der Waals surface area contributed by atoms with Crippen LogP contribution in [-0.2, 0) is 28.2 Å². The molecule has 0 aliphatic carbocycles. The predicted octanol–water partition coefficient (Wildman–Crippen LogP) is 11.1. The zero-order valence-corrected chi connectivity index (χ0v) is 31.5. The lowest BCUT2D eigenvalue weighted by Crippen LogP contribution is -2.29. The average molecular weight is 707 g/mol. The molecule has 0 amide bonds. The number of allylic oxidation sites excluding steroid dienone is 12. The Morgan fingerprint density at radius 3 is 1.43 bits per heavy atom. The SMILES string of the molecule is CC/C=C\C/C=C\C/C=C\C/C=C\C/C=C\C/C=C\CCC(=O)O[C@H](COC(=O)CCCCCCCCCCCCCC)COP(=O)(O)O. The third-order valence-corrected chi connectivity index (χ3v) is 7.99. The summed E-state index contributed by atoms with van der Waals surface area (Å²) in [6.07, 6.45) is 44.9. The van der Waals surface area contributed by atoms with E-state index in [1.165, 1.54) is 57.8 Å². The second kappa shape index (κ2) is 35.3. The molecule has 2 N–H and O–H groups in total. The van der Waals surface area contributed by atoms with E-state index in [1.807, 2.05) is 12.2 Å². The van der Waals surface area contributed by atoms with Crippen LogP contribution in [0.2, 0.25) is 0 Å². The minimum atomic E-state index is -4.77. The molecule has 0 spiro atoms. The maximum absolute atomic E-state index is 12.3. The van der Waals surface area contributed by atoms with Crippen LogP contribution in [0.15, 0.2) is 72.9 Å². The Hall–Kier alpha value is -2.51. The molecule has 0 radical (unpaired) electrons. The monoisotopic (exact) mass is 706 g/mol. The van der Waals surface area contributed by atoms with Gasteiger partial charge in [0.2, 0.25) is 0 Å².